The highest BCUT2D eigenvalue weighted by Gasteiger charge is 2.22. The van der Waals surface area contributed by atoms with Gasteiger partial charge in [-0.2, -0.15) is 0 Å². The second-order valence-electron chi connectivity index (χ2n) is 6.25. The molecule has 0 radical (unpaired) electrons. The van der Waals surface area contributed by atoms with E-state index in [2.05, 4.69) is 17.2 Å². The van der Waals surface area contributed by atoms with Gasteiger partial charge in [0.1, 0.15) is 0 Å². The van der Waals surface area contributed by atoms with Crippen LogP contribution in [0.1, 0.15) is 43.7 Å². The Morgan fingerprint density at radius 1 is 1.36 bits per heavy atom. The quantitative estimate of drug-likeness (QED) is 0.812. The summed E-state index contributed by atoms with van der Waals surface area (Å²) in [6.07, 6.45) is 10.7. The minimum absolute atomic E-state index is 0.659. The average Bonchev–Trinajstić information content (AvgIpc) is 3.23. The summed E-state index contributed by atoms with van der Waals surface area (Å²) in [5, 5.41) is 5.81. The number of anilines is 1. The van der Waals surface area contributed by atoms with Gasteiger partial charge in [0.25, 0.3) is 0 Å². The molecular formula is C16H22N4OS. The second-order valence-corrected chi connectivity index (χ2v) is 7.18. The van der Waals surface area contributed by atoms with Crippen molar-refractivity contribution in [2.75, 3.05) is 31.7 Å². The summed E-state index contributed by atoms with van der Waals surface area (Å²) in [6, 6.07) is 0. The maximum absolute atomic E-state index is 5.21. The minimum atomic E-state index is 0.659. The molecule has 1 aliphatic carbocycles. The monoisotopic (exact) mass is 318 g/mol. The van der Waals surface area contributed by atoms with Crippen molar-refractivity contribution in [1.82, 2.24) is 14.6 Å². The zero-order valence-electron chi connectivity index (χ0n) is 13.0. The number of rotatable bonds is 4. The van der Waals surface area contributed by atoms with Crippen molar-refractivity contribution < 1.29 is 4.74 Å². The molecule has 2 aliphatic rings. The van der Waals surface area contributed by atoms with E-state index in [1.54, 1.807) is 18.4 Å². The molecule has 1 fully saturated rings. The van der Waals surface area contributed by atoms with Crippen molar-refractivity contribution in [2.45, 2.75) is 38.0 Å². The summed E-state index contributed by atoms with van der Waals surface area (Å²) in [7, 11) is 1.75. The molecule has 3 heterocycles. The van der Waals surface area contributed by atoms with Crippen LogP contribution >= 0.6 is 11.3 Å². The topological polar surface area (TPSA) is 42.7 Å². The molecule has 1 saturated carbocycles. The van der Waals surface area contributed by atoms with E-state index in [0.29, 0.717) is 5.92 Å². The lowest BCUT2D eigenvalue weighted by molar-refractivity contribution is 0.222. The summed E-state index contributed by atoms with van der Waals surface area (Å²) in [5.74, 6) is 0.659. The van der Waals surface area contributed by atoms with E-state index in [4.69, 9.17) is 14.8 Å². The van der Waals surface area contributed by atoms with Gasteiger partial charge in [-0.3, -0.25) is 0 Å². The first-order valence-corrected chi connectivity index (χ1v) is 8.93. The SMILES string of the molecule is COCC1=CCN(c2nn3cc(C4CCCC4)nc3s2)CC1. The van der Waals surface area contributed by atoms with E-state index in [1.807, 2.05) is 4.52 Å². The zero-order chi connectivity index (χ0) is 14.9. The summed E-state index contributed by atoms with van der Waals surface area (Å²) in [6.45, 7) is 2.69. The normalized spacial score (nSPS) is 20.0. The second kappa shape index (κ2) is 6.01. The third-order valence-corrected chi connectivity index (χ3v) is 5.71. The van der Waals surface area contributed by atoms with Crippen LogP contribution in [0.25, 0.3) is 4.96 Å². The molecule has 0 saturated heterocycles. The Hall–Kier alpha value is -1.40. The van der Waals surface area contributed by atoms with Crippen molar-refractivity contribution in [2.24, 2.45) is 0 Å². The van der Waals surface area contributed by atoms with Crippen LogP contribution in [0.3, 0.4) is 0 Å². The molecule has 5 nitrogen and oxygen atoms in total. The molecule has 4 rings (SSSR count). The van der Waals surface area contributed by atoms with Crippen molar-refractivity contribution in [1.29, 1.82) is 0 Å². The van der Waals surface area contributed by atoms with Gasteiger partial charge in [-0.25, -0.2) is 9.50 Å². The molecule has 0 spiro atoms. The zero-order valence-corrected chi connectivity index (χ0v) is 13.8. The van der Waals surface area contributed by atoms with Crippen LogP contribution in [0, 0.1) is 0 Å². The summed E-state index contributed by atoms with van der Waals surface area (Å²) in [5.41, 5.74) is 2.63. The van der Waals surface area contributed by atoms with Gasteiger partial charge in [-0.15, -0.1) is 5.10 Å². The highest BCUT2D eigenvalue weighted by atomic mass is 32.1. The van der Waals surface area contributed by atoms with Crippen LogP contribution in [0.4, 0.5) is 5.13 Å². The van der Waals surface area contributed by atoms with E-state index >= 15 is 0 Å². The number of ether oxygens (including phenoxy) is 1. The molecule has 0 unspecified atom stereocenters. The Morgan fingerprint density at radius 3 is 2.91 bits per heavy atom. The number of imidazole rings is 1. The average molecular weight is 318 g/mol. The van der Waals surface area contributed by atoms with E-state index in [9.17, 15) is 0 Å². The molecule has 0 amide bonds. The van der Waals surface area contributed by atoms with Gasteiger partial charge in [-0.1, -0.05) is 30.3 Å². The van der Waals surface area contributed by atoms with Crippen molar-refractivity contribution >= 4 is 21.4 Å². The summed E-state index contributed by atoms with van der Waals surface area (Å²) >= 11 is 1.70. The molecule has 2 aromatic heterocycles. The number of hydrogen-bond acceptors (Lipinski definition) is 5. The minimum Gasteiger partial charge on any atom is -0.380 e. The van der Waals surface area contributed by atoms with E-state index in [1.165, 1.54) is 37.0 Å². The molecule has 22 heavy (non-hydrogen) atoms. The molecule has 0 bridgehead atoms. The largest absolute Gasteiger partial charge is 0.380 e. The Bertz CT molecular complexity index is 652. The molecule has 0 aromatic carbocycles. The smallest absolute Gasteiger partial charge is 0.214 e. The van der Waals surface area contributed by atoms with Gasteiger partial charge in [0, 0.05) is 26.1 Å². The maximum Gasteiger partial charge on any atom is 0.214 e. The molecule has 0 atom stereocenters. The number of aromatic nitrogens is 3. The Balaban J connectivity index is 1.50. The lowest BCUT2D eigenvalue weighted by Gasteiger charge is -2.25. The molecule has 0 N–H and O–H groups in total. The van der Waals surface area contributed by atoms with Crippen LogP contribution in [0.2, 0.25) is 0 Å². The summed E-state index contributed by atoms with van der Waals surface area (Å²) in [4.78, 5) is 8.17. The Morgan fingerprint density at radius 2 is 2.23 bits per heavy atom. The lowest BCUT2D eigenvalue weighted by Crippen LogP contribution is -2.29. The molecule has 2 aromatic rings. The van der Waals surface area contributed by atoms with Gasteiger partial charge in [0.05, 0.1) is 18.5 Å². The van der Waals surface area contributed by atoms with E-state index in [0.717, 1.165) is 36.2 Å². The predicted molar refractivity (Wildman–Crippen MR) is 88.9 cm³/mol. The van der Waals surface area contributed by atoms with Gasteiger partial charge >= 0.3 is 0 Å². The highest BCUT2D eigenvalue weighted by molar-refractivity contribution is 7.20. The van der Waals surface area contributed by atoms with E-state index in [-0.39, 0.29) is 0 Å². The Labute approximate surface area is 134 Å². The van der Waals surface area contributed by atoms with Crippen LogP contribution in [-0.2, 0) is 4.74 Å². The molecular weight excluding hydrogens is 296 g/mol. The van der Waals surface area contributed by atoms with Gasteiger partial charge in [0.15, 0.2) is 0 Å². The first-order chi connectivity index (χ1) is 10.8. The van der Waals surface area contributed by atoms with Crippen LogP contribution in [0.15, 0.2) is 17.8 Å². The van der Waals surface area contributed by atoms with Crippen molar-refractivity contribution in [3.8, 4) is 0 Å². The van der Waals surface area contributed by atoms with Gasteiger partial charge in [0.2, 0.25) is 10.1 Å². The highest BCUT2D eigenvalue weighted by Crippen LogP contribution is 2.35. The number of fused-ring (bicyclic) bond motifs is 1. The third kappa shape index (κ3) is 2.65. The van der Waals surface area contributed by atoms with Crippen molar-refractivity contribution in [3.05, 3.63) is 23.5 Å². The fraction of sp³-hybridized carbons (Fsp3) is 0.625. The molecule has 1 aliphatic heterocycles. The maximum atomic E-state index is 5.21. The molecule has 118 valence electrons. The number of nitrogens with zero attached hydrogens (tertiary/aromatic N) is 4. The fourth-order valence-electron chi connectivity index (χ4n) is 3.45. The lowest BCUT2D eigenvalue weighted by atomic mass is 10.1. The van der Waals surface area contributed by atoms with Crippen LogP contribution in [0.5, 0.6) is 0 Å². The fourth-order valence-corrected chi connectivity index (χ4v) is 4.38. The Kier molecular flexibility index (Phi) is 3.88. The van der Waals surface area contributed by atoms with Crippen LogP contribution in [-0.4, -0.2) is 41.4 Å². The summed E-state index contributed by atoms with van der Waals surface area (Å²) < 4.78 is 7.18. The first-order valence-electron chi connectivity index (χ1n) is 8.11. The van der Waals surface area contributed by atoms with E-state index < -0.39 is 0 Å². The van der Waals surface area contributed by atoms with Gasteiger partial charge in [-0.05, 0) is 24.8 Å². The van der Waals surface area contributed by atoms with Crippen molar-refractivity contribution in [3.63, 3.8) is 0 Å². The third-order valence-electron chi connectivity index (χ3n) is 4.73. The van der Waals surface area contributed by atoms with Gasteiger partial charge < -0.3 is 9.64 Å². The first kappa shape index (κ1) is 14.2. The number of methoxy groups -OCH3 is 1. The predicted octanol–water partition coefficient (Wildman–Crippen LogP) is 3.23. The number of hydrogen-bond donors (Lipinski definition) is 0. The van der Waals surface area contributed by atoms with Crippen LogP contribution < -0.4 is 4.90 Å². The molecule has 6 heteroatoms. The standard InChI is InChI=1S/C16H22N4OS/c1-21-11-12-6-8-19(9-7-12)16-18-20-10-14(17-15(20)22-16)13-4-2-3-5-13/h6,10,13H,2-5,7-9,11H2,1H3.